The molecule has 0 bridgehead atoms. The molecule has 102 valence electrons. The molecule has 2 aromatic heterocycles. The van der Waals surface area contributed by atoms with Crippen LogP contribution < -0.4 is 5.32 Å². The van der Waals surface area contributed by atoms with Crippen molar-refractivity contribution in [2.24, 2.45) is 0 Å². The Hall–Kier alpha value is -1.54. The largest absolute Gasteiger partial charge is 0.481 e. The number of hydrogen-bond donors (Lipinski definition) is 2. The van der Waals surface area contributed by atoms with Crippen LogP contribution in [0.3, 0.4) is 0 Å². The average Bonchev–Trinajstić information content (AvgIpc) is 2.98. The lowest BCUT2D eigenvalue weighted by Crippen LogP contribution is -2.17. The van der Waals surface area contributed by atoms with Crippen LogP contribution in [-0.2, 0) is 11.2 Å². The SMILES string of the molecule is CC(Cc1ccco1)Nc1nnc(SCC(=O)O)s1. The van der Waals surface area contributed by atoms with E-state index in [-0.39, 0.29) is 11.8 Å². The van der Waals surface area contributed by atoms with E-state index in [0.29, 0.717) is 9.47 Å². The molecule has 0 saturated carbocycles. The van der Waals surface area contributed by atoms with Crippen molar-refractivity contribution in [1.82, 2.24) is 10.2 Å². The lowest BCUT2D eigenvalue weighted by molar-refractivity contribution is -0.133. The first kappa shape index (κ1) is 13.9. The van der Waals surface area contributed by atoms with Crippen LogP contribution in [0.1, 0.15) is 12.7 Å². The number of anilines is 1. The van der Waals surface area contributed by atoms with Crippen molar-refractivity contribution < 1.29 is 14.3 Å². The third kappa shape index (κ3) is 4.56. The minimum atomic E-state index is -0.860. The van der Waals surface area contributed by atoms with Gasteiger partial charge in [-0.25, -0.2) is 0 Å². The third-order valence-corrected chi connectivity index (χ3v) is 4.16. The second-order valence-electron chi connectivity index (χ2n) is 3.88. The third-order valence-electron chi connectivity index (χ3n) is 2.18. The van der Waals surface area contributed by atoms with Crippen molar-refractivity contribution in [2.75, 3.05) is 11.1 Å². The number of carboxylic acid groups (broad SMARTS) is 1. The summed E-state index contributed by atoms with van der Waals surface area (Å²) in [5, 5.41) is 20.4. The van der Waals surface area contributed by atoms with Gasteiger partial charge in [-0.05, 0) is 19.1 Å². The Morgan fingerprint density at radius 1 is 1.63 bits per heavy atom. The Balaban J connectivity index is 1.83. The number of carboxylic acids is 1. The Kier molecular flexibility index (Phi) is 4.80. The van der Waals surface area contributed by atoms with E-state index in [9.17, 15) is 4.79 Å². The summed E-state index contributed by atoms with van der Waals surface area (Å²) in [6.07, 6.45) is 2.40. The minimum absolute atomic E-state index is 0.00339. The summed E-state index contributed by atoms with van der Waals surface area (Å²) in [5.41, 5.74) is 0. The standard InChI is InChI=1S/C11H13N3O3S2/c1-7(5-8-3-2-4-17-8)12-10-13-14-11(19-10)18-6-9(15)16/h2-4,7H,5-6H2,1H3,(H,12,13)(H,15,16). The maximum Gasteiger partial charge on any atom is 0.313 e. The number of thioether (sulfide) groups is 1. The Labute approximate surface area is 118 Å². The molecule has 0 amide bonds. The molecule has 2 heterocycles. The average molecular weight is 299 g/mol. The van der Waals surface area contributed by atoms with Crippen LogP contribution in [0.4, 0.5) is 5.13 Å². The monoisotopic (exact) mass is 299 g/mol. The predicted octanol–water partition coefficient (Wildman–Crippen LogP) is 2.35. The van der Waals surface area contributed by atoms with Gasteiger partial charge in [0, 0.05) is 12.5 Å². The molecule has 0 aliphatic heterocycles. The molecule has 1 unspecified atom stereocenters. The summed E-state index contributed by atoms with van der Waals surface area (Å²) in [6, 6.07) is 3.94. The van der Waals surface area contributed by atoms with E-state index in [1.807, 2.05) is 19.1 Å². The van der Waals surface area contributed by atoms with Crippen molar-refractivity contribution in [3.05, 3.63) is 24.2 Å². The normalized spacial score (nSPS) is 12.3. The number of nitrogens with one attached hydrogen (secondary N) is 1. The highest BCUT2D eigenvalue weighted by Crippen LogP contribution is 2.25. The van der Waals surface area contributed by atoms with E-state index < -0.39 is 5.97 Å². The van der Waals surface area contributed by atoms with Gasteiger partial charge in [-0.15, -0.1) is 10.2 Å². The van der Waals surface area contributed by atoms with E-state index in [1.54, 1.807) is 6.26 Å². The molecule has 2 rings (SSSR count). The van der Waals surface area contributed by atoms with Crippen LogP contribution >= 0.6 is 23.1 Å². The summed E-state index contributed by atoms with van der Waals surface area (Å²) in [4.78, 5) is 10.4. The topological polar surface area (TPSA) is 88.3 Å². The fraction of sp³-hybridized carbons (Fsp3) is 0.364. The summed E-state index contributed by atoms with van der Waals surface area (Å²) in [7, 11) is 0. The number of aliphatic carboxylic acids is 1. The highest BCUT2D eigenvalue weighted by Gasteiger charge is 2.10. The van der Waals surface area contributed by atoms with Gasteiger partial charge in [0.1, 0.15) is 5.76 Å². The fourth-order valence-corrected chi connectivity index (χ4v) is 3.03. The molecule has 6 nitrogen and oxygen atoms in total. The molecular weight excluding hydrogens is 286 g/mol. The molecule has 2 aromatic rings. The molecule has 0 aliphatic carbocycles. The summed E-state index contributed by atoms with van der Waals surface area (Å²) < 4.78 is 5.92. The van der Waals surface area contributed by atoms with Crippen molar-refractivity contribution in [1.29, 1.82) is 0 Å². The minimum Gasteiger partial charge on any atom is -0.481 e. The van der Waals surface area contributed by atoms with Gasteiger partial charge in [0.15, 0.2) is 4.34 Å². The molecule has 0 spiro atoms. The predicted molar refractivity (Wildman–Crippen MR) is 73.8 cm³/mol. The van der Waals surface area contributed by atoms with Crippen LogP contribution in [0.2, 0.25) is 0 Å². The molecule has 8 heteroatoms. The molecule has 0 fully saturated rings. The van der Waals surface area contributed by atoms with Crippen molar-refractivity contribution >= 4 is 34.2 Å². The Morgan fingerprint density at radius 3 is 3.16 bits per heavy atom. The number of rotatable bonds is 7. The van der Waals surface area contributed by atoms with E-state index in [2.05, 4.69) is 15.5 Å². The van der Waals surface area contributed by atoms with E-state index in [4.69, 9.17) is 9.52 Å². The van der Waals surface area contributed by atoms with Crippen LogP contribution in [0.15, 0.2) is 27.2 Å². The number of nitrogens with zero attached hydrogens (tertiary/aromatic N) is 2. The molecule has 0 radical (unpaired) electrons. The first-order valence-electron chi connectivity index (χ1n) is 5.60. The van der Waals surface area contributed by atoms with E-state index in [0.717, 1.165) is 12.2 Å². The molecule has 0 aliphatic rings. The van der Waals surface area contributed by atoms with Gasteiger partial charge in [0.2, 0.25) is 5.13 Å². The second-order valence-corrected chi connectivity index (χ2v) is 6.08. The lowest BCUT2D eigenvalue weighted by Gasteiger charge is -2.09. The van der Waals surface area contributed by atoms with Gasteiger partial charge in [0.25, 0.3) is 0 Å². The maximum absolute atomic E-state index is 10.4. The number of furan rings is 1. The van der Waals surface area contributed by atoms with E-state index in [1.165, 1.54) is 23.1 Å². The molecule has 0 saturated heterocycles. The van der Waals surface area contributed by atoms with Crippen molar-refractivity contribution in [3.8, 4) is 0 Å². The van der Waals surface area contributed by atoms with Gasteiger partial charge >= 0.3 is 5.97 Å². The summed E-state index contributed by atoms with van der Waals surface area (Å²) >= 11 is 2.52. The first-order valence-corrected chi connectivity index (χ1v) is 7.40. The quantitative estimate of drug-likeness (QED) is 0.759. The van der Waals surface area contributed by atoms with Gasteiger partial charge in [0.05, 0.1) is 12.0 Å². The zero-order valence-corrected chi connectivity index (χ0v) is 11.8. The number of aromatic nitrogens is 2. The van der Waals surface area contributed by atoms with Crippen LogP contribution in [0.25, 0.3) is 0 Å². The summed E-state index contributed by atoms with van der Waals surface area (Å²) in [5.74, 6) is 0.0437. The molecule has 1 atom stereocenters. The smallest absolute Gasteiger partial charge is 0.313 e. The molecule has 2 N–H and O–H groups in total. The van der Waals surface area contributed by atoms with Crippen LogP contribution in [0.5, 0.6) is 0 Å². The Morgan fingerprint density at radius 2 is 2.47 bits per heavy atom. The fourth-order valence-electron chi connectivity index (χ4n) is 1.44. The number of hydrogen-bond acceptors (Lipinski definition) is 7. The molecule has 19 heavy (non-hydrogen) atoms. The van der Waals surface area contributed by atoms with Gasteiger partial charge in [-0.2, -0.15) is 0 Å². The zero-order chi connectivity index (χ0) is 13.7. The first-order chi connectivity index (χ1) is 9.13. The molecule has 0 aromatic carbocycles. The lowest BCUT2D eigenvalue weighted by atomic mass is 10.2. The highest BCUT2D eigenvalue weighted by molar-refractivity contribution is 8.01. The maximum atomic E-state index is 10.4. The van der Waals surface area contributed by atoms with Crippen LogP contribution in [0, 0.1) is 0 Å². The van der Waals surface area contributed by atoms with Gasteiger partial charge < -0.3 is 14.8 Å². The second kappa shape index (κ2) is 6.58. The highest BCUT2D eigenvalue weighted by atomic mass is 32.2. The Bertz CT molecular complexity index is 527. The van der Waals surface area contributed by atoms with Gasteiger partial charge in [-0.1, -0.05) is 23.1 Å². The van der Waals surface area contributed by atoms with Gasteiger partial charge in [-0.3, -0.25) is 4.79 Å². The molecular formula is C11H13N3O3S2. The van der Waals surface area contributed by atoms with E-state index >= 15 is 0 Å². The van der Waals surface area contributed by atoms with Crippen molar-refractivity contribution in [3.63, 3.8) is 0 Å². The number of carbonyl (C=O) groups is 1. The zero-order valence-electron chi connectivity index (χ0n) is 10.2. The van der Waals surface area contributed by atoms with Crippen molar-refractivity contribution in [2.45, 2.75) is 23.7 Å². The summed E-state index contributed by atoms with van der Waals surface area (Å²) in [6.45, 7) is 2.02. The van der Waals surface area contributed by atoms with Crippen LogP contribution in [-0.4, -0.2) is 33.1 Å².